The molecule has 0 fully saturated rings. The smallest absolute Gasteiger partial charge is 0.255 e. The van der Waals surface area contributed by atoms with E-state index in [2.05, 4.69) is 5.32 Å². The SMILES string of the molecule is CC(Nc1ccccc1C(=O)N(C)C)c1ccco1. The van der Waals surface area contributed by atoms with Crippen LogP contribution in [-0.2, 0) is 0 Å². The van der Waals surface area contributed by atoms with E-state index in [1.165, 1.54) is 0 Å². The first-order valence-electron chi connectivity index (χ1n) is 6.20. The fourth-order valence-electron chi connectivity index (χ4n) is 1.88. The van der Waals surface area contributed by atoms with Crippen molar-refractivity contribution in [3.8, 4) is 0 Å². The van der Waals surface area contributed by atoms with E-state index < -0.39 is 0 Å². The molecule has 1 unspecified atom stereocenters. The van der Waals surface area contributed by atoms with Gasteiger partial charge in [0.15, 0.2) is 0 Å². The Morgan fingerprint density at radius 2 is 1.95 bits per heavy atom. The highest BCUT2D eigenvalue weighted by Gasteiger charge is 2.15. The maximum absolute atomic E-state index is 12.1. The molecule has 1 aromatic carbocycles. The molecule has 2 rings (SSSR count). The lowest BCUT2D eigenvalue weighted by molar-refractivity contribution is 0.0828. The average molecular weight is 258 g/mol. The quantitative estimate of drug-likeness (QED) is 0.916. The fourth-order valence-corrected chi connectivity index (χ4v) is 1.88. The Labute approximate surface area is 113 Å². The maximum atomic E-state index is 12.1. The van der Waals surface area contributed by atoms with Gasteiger partial charge in [0.05, 0.1) is 17.9 Å². The average Bonchev–Trinajstić information content (AvgIpc) is 2.92. The first kappa shape index (κ1) is 13.2. The van der Waals surface area contributed by atoms with Gasteiger partial charge in [-0.3, -0.25) is 4.79 Å². The van der Waals surface area contributed by atoms with Gasteiger partial charge in [0.1, 0.15) is 5.76 Å². The summed E-state index contributed by atoms with van der Waals surface area (Å²) in [5.41, 5.74) is 1.47. The molecule has 4 heteroatoms. The molecule has 1 heterocycles. The minimum absolute atomic E-state index is 0.00566. The molecular formula is C15H18N2O2. The zero-order valence-electron chi connectivity index (χ0n) is 11.4. The monoisotopic (exact) mass is 258 g/mol. The molecule has 0 aliphatic heterocycles. The number of carbonyl (C=O) groups is 1. The summed E-state index contributed by atoms with van der Waals surface area (Å²) < 4.78 is 5.36. The van der Waals surface area contributed by atoms with E-state index in [4.69, 9.17) is 4.42 Å². The number of carbonyl (C=O) groups excluding carboxylic acids is 1. The Hall–Kier alpha value is -2.23. The number of para-hydroxylation sites is 1. The van der Waals surface area contributed by atoms with Crippen LogP contribution in [0.3, 0.4) is 0 Å². The van der Waals surface area contributed by atoms with Crippen LogP contribution in [-0.4, -0.2) is 24.9 Å². The predicted molar refractivity (Wildman–Crippen MR) is 75.2 cm³/mol. The molecule has 1 N–H and O–H groups in total. The van der Waals surface area contributed by atoms with Crippen molar-refractivity contribution in [3.63, 3.8) is 0 Å². The van der Waals surface area contributed by atoms with Crippen molar-refractivity contribution in [1.29, 1.82) is 0 Å². The molecule has 19 heavy (non-hydrogen) atoms. The summed E-state index contributed by atoms with van der Waals surface area (Å²) in [5.74, 6) is 0.821. The van der Waals surface area contributed by atoms with Crippen LogP contribution in [0.4, 0.5) is 5.69 Å². The summed E-state index contributed by atoms with van der Waals surface area (Å²) in [4.78, 5) is 13.7. The number of nitrogens with zero attached hydrogens (tertiary/aromatic N) is 1. The van der Waals surface area contributed by atoms with Crippen LogP contribution in [0.1, 0.15) is 29.1 Å². The van der Waals surface area contributed by atoms with Gasteiger partial charge in [0, 0.05) is 19.8 Å². The lowest BCUT2D eigenvalue weighted by atomic mass is 10.1. The van der Waals surface area contributed by atoms with Crippen molar-refractivity contribution < 1.29 is 9.21 Å². The molecule has 4 nitrogen and oxygen atoms in total. The van der Waals surface area contributed by atoms with E-state index in [0.29, 0.717) is 5.56 Å². The molecule has 1 aromatic heterocycles. The van der Waals surface area contributed by atoms with Crippen LogP contribution in [0, 0.1) is 0 Å². The van der Waals surface area contributed by atoms with Crippen molar-refractivity contribution in [2.24, 2.45) is 0 Å². The number of hydrogen-bond acceptors (Lipinski definition) is 3. The molecule has 0 saturated heterocycles. The van der Waals surface area contributed by atoms with Crippen molar-refractivity contribution >= 4 is 11.6 Å². The van der Waals surface area contributed by atoms with E-state index in [9.17, 15) is 4.79 Å². The fraction of sp³-hybridized carbons (Fsp3) is 0.267. The van der Waals surface area contributed by atoms with Gasteiger partial charge in [0.25, 0.3) is 5.91 Å². The number of benzene rings is 1. The summed E-state index contributed by atoms with van der Waals surface area (Å²) in [6, 6.07) is 11.3. The first-order valence-corrected chi connectivity index (χ1v) is 6.20. The highest BCUT2D eigenvalue weighted by atomic mass is 16.3. The van der Waals surface area contributed by atoms with Crippen LogP contribution >= 0.6 is 0 Å². The van der Waals surface area contributed by atoms with E-state index in [1.807, 2.05) is 43.3 Å². The van der Waals surface area contributed by atoms with Crippen LogP contribution < -0.4 is 5.32 Å². The van der Waals surface area contributed by atoms with Gasteiger partial charge in [-0.2, -0.15) is 0 Å². The van der Waals surface area contributed by atoms with Crippen molar-refractivity contribution in [1.82, 2.24) is 4.90 Å². The van der Waals surface area contributed by atoms with Crippen molar-refractivity contribution in [2.45, 2.75) is 13.0 Å². The van der Waals surface area contributed by atoms with Crippen molar-refractivity contribution in [2.75, 3.05) is 19.4 Å². The van der Waals surface area contributed by atoms with Crippen molar-refractivity contribution in [3.05, 3.63) is 54.0 Å². The Balaban J connectivity index is 2.23. The number of amides is 1. The molecule has 1 atom stereocenters. The van der Waals surface area contributed by atoms with Crippen LogP contribution in [0.15, 0.2) is 47.1 Å². The minimum Gasteiger partial charge on any atom is -0.467 e. The van der Waals surface area contributed by atoms with Gasteiger partial charge in [0.2, 0.25) is 0 Å². The molecule has 0 aliphatic carbocycles. The second kappa shape index (κ2) is 5.61. The minimum atomic E-state index is -0.0188. The Morgan fingerprint density at radius 3 is 2.58 bits per heavy atom. The third-order valence-corrected chi connectivity index (χ3v) is 2.91. The highest BCUT2D eigenvalue weighted by Crippen LogP contribution is 2.23. The summed E-state index contributed by atoms with van der Waals surface area (Å²) in [5, 5.41) is 3.31. The van der Waals surface area contributed by atoms with Crippen LogP contribution in [0.5, 0.6) is 0 Å². The third kappa shape index (κ3) is 2.96. The second-order valence-electron chi connectivity index (χ2n) is 4.63. The molecule has 0 radical (unpaired) electrons. The Morgan fingerprint density at radius 1 is 1.21 bits per heavy atom. The Bertz CT molecular complexity index is 547. The molecule has 0 spiro atoms. The standard InChI is InChI=1S/C15H18N2O2/c1-11(14-9-6-10-19-14)16-13-8-5-4-7-12(13)15(18)17(2)3/h4-11,16H,1-3H3. The third-order valence-electron chi connectivity index (χ3n) is 2.91. The second-order valence-corrected chi connectivity index (χ2v) is 4.63. The summed E-state index contributed by atoms with van der Waals surface area (Å²) >= 11 is 0. The maximum Gasteiger partial charge on any atom is 0.255 e. The topological polar surface area (TPSA) is 45.5 Å². The predicted octanol–water partition coefficient (Wildman–Crippen LogP) is 3.15. The van der Waals surface area contributed by atoms with Gasteiger partial charge >= 0.3 is 0 Å². The lowest BCUT2D eigenvalue weighted by Crippen LogP contribution is -2.23. The molecule has 2 aromatic rings. The van der Waals surface area contributed by atoms with Gasteiger partial charge in [-0.15, -0.1) is 0 Å². The molecule has 0 bridgehead atoms. The van der Waals surface area contributed by atoms with E-state index in [-0.39, 0.29) is 11.9 Å². The van der Waals surface area contributed by atoms with Gasteiger partial charge in [-0.1, -0.05) is 12.1 Å². The Kier molecular flexibility index (Phi) is 3.90. The van der Waals surface area contributed by atoms with E-state index in [1.54, 1.807) is 25.3 Å². The van der Waals surface area contributed by atoms with Gasteiger partial charge in [-0.05, 0) is 31.2 Å². The highest BCUT2D eigenvalue weighted by molar-refractivity contribution is 5.99. The van der Waals surface area contributed by atoms with E-state index in [0.717, 1.165) is 11.4 Å². The summed E-state index contributed by atoms with van der Waals surface area (Å²) in [6.45, 7) is 2.00. The summed E-state index contributed by atoms with van der Waals surface area (Å²) in [6.07, 6.45) is 1.64. The normalized spacial score (nSPS) is 11.9. The molecule has 0 aliphatic rings. The number of hydrogen-bond donors (Lipinski definition) is 1. The largest absolute Gasteiger partial charge is 0.467 e. The molecular weight excluding hydrogens is 240 g/mol. The van der Waals surface area contributed by atoms with Gasteiger partial charge in [-0.25, -0.2) is 0 Å². The number of nitrogens with one attached hydrogen (secondary N) is 1. The summed E-state index contributed by atoms with van der Waals surface area (Å²) in [7, 11) is 3.49. The number of rotatable bonds is 4. The molecule has 1 amide bonds. The van der Waals surface area contributed by atoms with Gasteiger partial charge < -0.3 is 14.6 Å². The van der Waals surface area contributed by atoms with Crippen LogP contribution in [0.2, 0.25) is 0 Å². The lowest BCUT2D eigenvalue weighted by Gasteiger charge is -2.18. The van der Waals surface area contributed by atoms with Crippen LogP contribution in [0.25, 0.3) is 0 Å². The molecule has 100 valence electrons. The zero-order valence-corrected chi connectivity index (χ0v) is 11.4. The molecule has 0 saturated carbocycles. The zero-order chi connectivity index (χ0) is 13.8. The number of anilines is 1. The van der Waals surface area contributed by atoms with E-state index >= 15 is 0 Å². The number of furan rings is 1. The first-order chi connectivity index (χ1) is 9.09.